The third-order valence-electron chi connectivity index (χ3n) is 2.58. The van der Waals surface area contributed by atoms with Crippen molar-refractivity contribution in [3.8, 4) is 0 Å². The third-order valence-corrected chi connectivity index (χ3v) is 3.25. The Hall–Kier alpha value is -1.97. The van der Waals surface area contributed by atoms with E-state index in [1.165, 1.54) is 16.9 Å². The number of benzene rings is 1. The Morgan fingerprint density at radius 2 is 2.25 bits per heavy atom. The fourth-order valence-corrected chi connectivity index (χ4v) is 2.29. The lowest BCUT2D eigenvalue weighted by atomic mass is 10.2. The smallest absolute Gasteiger partial charge is 0.358 e. The van der Waals surface area contributed by atoms with E-state index in [2.05, 4.69) is 33.0 Å². The summed E-state index contributed by atoms with van der Waals surface area (Å²) in [6, 6.07) is 6.92. The van der Waals surface area contributed by atoms with Crippen LogP contribution in [-0.2, 0) is 11.3 Å². The number of aryl methyl sites for hydroxylation is 1. The zero-order valence-electron chi connectivity index (χ0n) is 10.5. The second-order valence-corrected chi connectivity index (χ2v) is 5.38. The molecule has 2 rings (SSSR count). The second kappa shape index (κ2) is 5.99. The zero-order valence-corrected chi connectivity index (χ0v) is 12.7. The van der Waals surface area contributed by atoms with Gasteiger partial charge < -0.3 is 15.4 Å². The lowest BCUT2D eigenvalue weighted by Crippen LogP contribution is -2.19. The molecule has 0 saturated carbocycles. The van der Waals surface area contributed by atoms with Gasteiger partial charge in [0.15, 0.2) is 0 Å². The van der Waals surface area contributed by atoms with Crippen LogP contribution in [0.5, 0.6) is 0 Å². The predicted octanol–water partition coefficient (Wildman–Crippen LogP) is 2.34. The Morgan fingerprint density at radius 3 is 2.85 bits per heavy atom. The maximum atomic E-state index is 11.9. The summed E-state index contributed by atoms with van der Waals surface area (Å²) in [7, 11) is 0. The number of amides is 1. The van der Waals surface area contributed by atoms with Gasteiger partial charge in [-0.25, -0.2) is 0 Å². The van der Waals surface area contributed by atoms with E-state index in [9.17, 15) is 14.9 Å². The average molecular weight is 386 g/mol. The van der Waals surface area contributed by atoms with Crippen molar-refractivity contribution in [2.24, 2.45) is 0 Å². The molecule has 20 heavy (non-hydrogen) atoms. The molecule has 1 amide bonds. The lowest BCUT2D eigenvalue weighted by Gasteiger charge is -2.07. The molecule has 1 aromatic heterocycles. The first-order valence-electron chi connectivity index (χ1n) is 5.69. The van der Waals surface area contributed by atoms with E-state index in [4.69, 9.17) is 0 Å². The molecule has 0 fully saturated rings. The molecule has 1 N–H and O–H groups in total. The molecule has 7 nitrogen and oxygen atoms in total. The third kappa shape index (κ3) is 3.53. The normalized spacial score (nSPS) is 10.3. The molecule has 0 aliphatic rings. The first-order chi connectivity index (χ1) is 9.45. The van der Waals surface area contributed by atoms with E-state index in [0.717, 1.165) is 14.8 Å². The number of hydrogen-bond acceptors (Lipinski definition) is 4. The minimum Gasteiger partial charge on any atom is -0.358 e. The summed E-state index contributed by atoms with van der Waals surface area (Å²) in [6.07, 6.45) is 1.40. The number of hydrogen-bond donors (Lipinski definition) is 1. The van der Waals surface area contributed by atoms with E-state index in [-0.39, 0.29) is 18.3 Å². The molecule has 0 unspecified atom stereocenters. The molecular weight excluding hydrogens is 375 g/mol. The molecular formula is C12H11IN4O3. The maximum Gasteiger partial charge on any atom is 0.389 e. The van der Waals surface area contributed by atoms with E-state index in [0.29, 0.717) is 0 Å². The van der Waals surface area contributed by atoms with E-state index >= 15 is 0 Å². The lowest BCUT2D eigenvalue weighted by molar-refractivity contribution is -0.389. The molecule has 0 spiro atoms. The second-order valence-electron chi connectivity index (χ2n) is 4.14. The van der Waals surface area contributed by atoms with Gasteiger partial charge in [-0.05, 0) is 58.2 Å². The first-order valence-corrected chi connectivity index (χ1v) is 6.77. The van der Waals surface area contributed by atoms with Crippen molar-refractivity contribution in [1.29, 1.82) is 0 Å². The fourth-order valence-electron chi connectivity index (χ4n) is 1.64. The largest absolute Gasteiger partial charge is 0.389 e. The summed E-state index contributed by atoms with van der Waals surface area (Å²) >= 11 is 2.19. The molecule has 0 bridgehead atoms. The summed E-state index contributed by atoms with van der Waals surface area (Å²) in [4.78, 5) is 21.8. The van der Waals surface area contributed by atoms with Gasteiger partial charge >= 0.3 is 5.82 Å². The number of anilines is 1. The molecule has 2 aromatic rings. The SMILES string of the molecule is Cc1cc(I)ccc1NC(=O)Cn1ccc([N+](=O)[O-])n1. The molecule has 104 valence electrons. The van der Waals surface area contributed by atoms with Crippen molar-refractivity contribution in [1.82, 2.24) is 9.78 Å². The van der Waals surface area contributed by atoms with Crippen LogP contribution in [0.1, 0.15) is 5.56 Å². The number of aromatic nitrogens is 2. The Balaban J connectivity index is 2.03. The first kappa shape index (κ1) is 14.4. The number of nitrogens with one attached hydrogen (secondary N) is 1. The summed E-state index contributed by atoms with van der Waals surface area (Å²) in [5.41, 5.74) is 1.67. The van der Waals surface area contributed by atoms with Gasteiger partial charge in [0.1, 0.15) is 6.54 Å². The number of carbonyl (C=O) groups excluding carboxylic acids is 1. The highest BCUT2D eigenvalue weighted by molar-refractivity contribution is 14.1. The summed E-state index contributed by atoms with van der Waals surface area (Å²) in [6.45, 7) is 1.83. The van der Waals surface area contributed by atoms with Crippen LogP contribution in [0.3, 0.4) is 0 Å². The van der Waals surface area contributed by atoms with Crippen molar-refractivity contribution in [3.05, 3.63) is 49.7 Å². The van der Waals surface area contributed by atoms with Gasteiger partial charge in [-0.1, -0.05) is 0 Å². The summed E-state index contributed by atoms with van der Waals surface area (Å²) < 4.78 is 2.32. The van der Waals surface area contributed by atoms with Crippen molar-refractivity contribution < 1.29 is 9.72 Å². The summed E-state index contributed by atoms with van der Waals surface area (Å²) in [5.74, 6) is -0.560. The van der Waals surface area contributed by atoms with Crippen molar-refractivity contribution in [2.45, 2.75) is 13.5 Å². The maximum absolute atomic E-state index is 11.9. The Morgan fingerprint density at radius 1 is 1.50 bits per heavy atom. The van der Waals surface area contributed by atoms with Gasteiger partial charge in [-0.2, -0.15) is 4.68 Å². The Bertz CT molecular complexity index is 668. The zero-order chi connectivity index (χ0) is 14.7. The molecule has 0 saturated heterocycles. The van der Waals surface area contributed by atoms with Gasteiger partial charge in [-0.15, -0.1) is 0 Å². The number of carbonyl (C=O) groups is 1. The number of nitro groups is 1. The van der Waals surface area contributed by atoms with Crippen LogP contribution < -0.4 is 5.32 Å². The molecule has 0 aliphatic carbocycles. The van der Waals surface area contributed by atoms with Gasteiger partial charge in [0.25, 0.3) is 0 Å². The Kier molecular flexibility index (Phi) is 4.32. The molecule has 8 heteroatoms. The highest BCUT2D eigenvalue weighted by atomic mass is 127. The monoisotopic (exact) mass is 386 g/mol. The predicted molar refractivity (Wildman–Crippen MR) is 81.4 cm³/mol. The molecule has 0 aliphatic heterocycles. The molecule has 1 heterocycles. The number of nitrogens with zero attached hydrogens (tertiary/aromatic N) is 3. The van der Waals surface area contributed by atoms with Crippen molar-refractivity contribution in [3.63, 3.8) is 0 Å². The van der Waals surface area contributed by atoms with Crippen LogP contribution in [0.25, 0.3) is 0 Å². The van der Waals surface area contributed by atoms with Crippen LogP contribution in [0.2, 0.25) is 0 Å². The van der Waals surface area contributed by atoms with Gasteiger partial charge in [0.2, 0.25) is 5.91 Å². The average Bonchev–Trinajstić information content (AvgIpc) is 2.81. The van der Waals surface area contributed by atoms with Gasteiger partial charge in [-0.3, -0.25) is 4.79 Å². The fraction of sp³-hybridized carbons (Fsp3) is 0.167. The molecule has 0 radical (unpaired) electrons. The van der Waals surface area contributed by atoms with Crippen LogP contribution in [0.4, 0.5) is 11.5 Å². The quantitative estimate of drug-likeness (QED) is 0.496. The van der Waals surface area contributed by atoms with Gasteiger partial charge in [0.05, 0.1) is 17.4 Å². The van der Waals surface area contributed by atoms with Crippen LogP contribution in [0, 0.1) is 20.6 Å². The topological polar surface area (TPSA) is 90.1 Å². The van der Waals surface area contributed by atoms with Crippen LogP contribution in [0.15, 0.2) is 30.5 Å². The van der Waals surface area contributed by atoms with Crippen LogP contribution in [-0.4, -0.2) is 20.6 Å². The number of halogens is 1. The highest BCUT2D eigenvalue weighted by Gasteiger charge is 2.13. The standard InChI is InChI=1S/C12H11IN4O3/c1-8-6-9(13)2-3-10(8)14-12(18)7-16-5-4-11(15-16)17(19)20/h2-6H,7H2,1H3,(H,14,18). The Labute approximate surface area is 128 Å². The van der Waals surface area contributed by atoms with Crippen LogP contribution >= 0.6 is 22.6 Å². The molecule has 1 aromatic carbocycles. The highest BCUT2D eigenvalue weighted by Crippen LogP contribution is 2.17. The van der Waals surface area contributed by atoms with Crippen molar-refractivity contribution >= 4 is 40.0 Å². The van der Waals surface area contributed by atoms with E-state index in [1.54, 1.807) is 0 Å². The minimum atomic E-state index is -0.600. The number of rotatable bonds is 4. The van der Waals surface area contributed by atoms with E-state index < -0.39 is 4.92 Å². The van der Waals surface area contributed by atoms with Crippen molar-refractivity contribution in [2.75, 3.05) is 5.32 Å². The molecule has 0 atom stereocenters. The minimum absolute atomic E-state index is 0.0702. The van der Waals surface area contributed by atoms with Gasteiger partial charge in [0, 0.05) is 9.26 Å². The summed E-state index contributed by atoms with van der Waals surface area (Å²) in [5, 5.41) is 16.9. The van der Waals surface area contributed by atoms with E-state index in [1.807, 2.05) is 25.1 Å².